The predicted octanol–water partition coefficient (Wildman–Crippen LogP) is 4.71. The zero-order chi connectivity index (χ0) is 22.6. The molecule has 4 aliphatic rings. The van der Waals surface area contributed by atoms with E-state index < -0.39 is 0 Å². The molecule has 0 spiro atoms. The molecule has 1 amide bonds. The van der Waals surface area contributed by atoms with Gasteiger partial charge in [0.2, 0.25) is 0 Å². The number of carbonyl (C=O) groups excluding carboxylic acids is 1. The Labute approximate surface area is 197 Å². The van der Waals surface area contributed by atoms with Gasteiger partial charge in [-0.2, -0.15) is 9.78 Å². The van der Waals surface area contributed by atoms with Crippen LogP contribution in [0, 0.1) is 23.2 Å². The second kappa shape index (κ2) is 8.01. The lowest BCUT2D eigenvalue weighted by Gasteiger charge is -2.62. The summed E-state index contributed by atoms with van der Waals surface area (Å²) in [7, 11) is 0. The van der Waals surface area contributed by atoms with Crippen molar-refractivity contribution >= 4 is 27.5 Å². The van der Waals surface area contributed by atoms with Crippen LogP contribution in [0.2, 0.25) is 0 Å². The van der Waals surface area contributed by atoms with E-state index in [9.17, 15) is 9.59 Å². The molecule has 4 atom stereocenters. The Hall–Kier alpha value is -2.15. The lowest BCUT2D eigenvalue weighted by atomic mass is 9.45. The van der Waals surface area contributed by atoms with Crippen molar-refractivity contribution in [2.75, 3.05) is 18.4 Å². The fraction of sp³-hybridized carbons (Fsp3) is 0.560. The quantitative estimate of drug-likeness (QED) is 0.662. The van der Waals surface area contributed by atoms with Crippen LogP contribution < -0.4 is 10.9 Å². The monoisotopic (exact) mass is 498 g/mol. The van der Waals surface area contributed by atoms with Crippen molar-refractivity contribution in [1.29, 1.82) is 0 Å². The van der Waals surface area contributed by atoms with Crippen LogP contribution in [0.15, 0.2) is 39.7 Å². The van der Waals surface area contributed by atoms with Crippen molar-refractivity contribution in [3.63, 3.8) is 0 Å². The number of amides is 1. The van der Waals surface area contributed by atoms with Crippen LogP contribution in [0.25, 0.3) is 5.69 Å². The Balaban J connectivity index is 1.37. The Morgan fingerprint density at radius 1 is 1.22 bits per heavy atom. The first kappa shape index (κ1) is 21.7. The molecule has 0 unspecified atom stereocenters. The SMILES string of the molecule is C[C@H]1[C@H]2C[C@H](C[C@H]1Nc1cnn(-c3cccc(C(=O)N4CCCC4)c3)c(=O)c1Br)C2(C)C. The minimum absolute atomic E-state index is 0.0162. The predicted molar refractivity (Wildman–Crippen MR) is 129 cm³/mol. The molecule has 170 valence electrons. The number of aromatic nitrogens is 2. The topological polar surface area (TPSA) is 67.2 Å². The number of benzene rings is 1. The van der Waals surface area contributed by atoms with Crippen LogP contribution in [0.1, 0.15) is 56.8 Å². The van der Waals surface area contributed by atoms with Gasteiger partial charge in [0.15, 0.2) is 0 Å². The van der Waals surface area contributed by atoms with Gasteiger partial charge in [-0.3, -0.25) is 9.59 Å². The Morgan fingerprint density at radius 3 is 2.66 bits per heavy atom. The van der Waals surface area contributed by atoms with Crippen LogP contribution in [0.4, 0.5) is 5.69 Å². The van der Waals surface area contributed by atoms with Crippen molar-refractivity contribution in [1.82, 2.24) is 14.7 Å². The van der Waals surface area contributed by atoms with E-state index in [4.69, 9.17) is 0 Å². The van der Waals surface area contributed by atoms with E-state index >= 15 is 0 Å². The lowest BCUT2D eigenvalue weighted by molar-refractivity contribution is -0.105. The second-order valence-corrected chi connectivity index (χ2v) is 11.1. The summed E-state index contributed by atoms with van der Waals surface area (Å²) in [6.45, 7) is 8.70. The molecule has 1 N–H and O–H groups in total. The molecule has 1 aromatic carbocycles. The molecule has 3 aliphatic carbocycles. The van der Waals surface area contributed by atoms with Gasteiger partial charge < -0.3 is 10.2 Å². The maximum Gasteiger partial charge on any atom is 0.287 e. The molecular weight excluding hydrogens is 468 g/mol. The van der Waals surface area contributed by atoms with E-state index in [0.717, 1.165) is 49.9 Å². The number of nitrogens with one attached hydrogen (secondary N) is 1. The smallest absolute Gasteiger partial charge is 0.287 e. The van der Waals surface area contributed by atoms with E-state index in [1.807, 2.05) is 17.0 Å². The molecule has 6 rings (SSSR count). The molecule has 0 radical (unpaired) electrons. The molecule has 2 bridgehead atoms. The molecule has 7 heteroatoms. The highest BCUT2D eigenvalue weighted by Gasteiger charge is 2.56. The summed E-state index contributed by atoms with van der Waals surface area (Å²) in [5.74, 6) is 2.03. The fourth-order valence-electron chi connectivity index (χ4n) is 6.13. The number of hydrogen-bond donors (Lipinski definition) is 1. The fourth-order valence-corrected chi connectivity index (χ4v) is 6.52. The van der Waals surface area contributed by atoms with Crippen LogP contribution in [0.3, 0.4) is 0 Å². The number of anilines is 1. The summed E-state index contributed by atoms with van der Waals surface area (Å²) in [6.07, 6.45) is 6.26. The van der Waals surface area contributed by atoms with E-state index in [1.54, 1.807) is 18.3 Å². The number of halogens is 1. The maximum atomic E-state index is 13.1. The lowest BCUT2D eigenvalue weighted by Crippen LogP contribution is -2.58. The average Bonchev–Trinajstić information content (AvgIpc) is 3.32. The molecule has 2 aromatic rings. The average molecular weight is 499 g/mol. The zero-order valence-electron chi connectivity index (χ0n) is 19.0. The number of rotatable bonds is 4. The van der Waals surface area contributed by atoms with E-state index in [0.29, 0.717) is 33.1 Å². The first-order chi connectivity index (χ1) is 15.3. The van der Waals surface area contributed by atoms with Gasteiger partial charge in [0.25, 0.3) is 11.5 Å². The third kappa shape index (κ3) is 3.49. The van der Waals surface area contributed by atoms with Crippen molar-refractivity contribution in [3.8, 4) is 5.69 Å². The van der Waals surface area contributed by atoms with Crippen molar-refractivity contribution in [2.45, 2.75) is 52.5 Å². The van der Waals surface area contributed by atoms with E-state index in [1.165, 1.54) is 11.1 Å². The van der Waals surface area contributed by atoms with Crippen LogP contribution in [-0.4, -0.2) is 39.7 Å². The van der Waals surface area contributed by atoms with Gasteiger partial charge >= 0.3 is 0 Å². The van der Waals surface area contributed by atoms with Gasteiger partial charge in [-0.25, -0.2) is 0 Å². The highest BCUT2D eigenvalue weighted by Crippen LogP contribution is 2.61. The molecular formula is C25H31BrN4O2. The third-order valence-electron chi connectivity index (χ3n) is 8.34. The Morgan fingerprint density at radius 2 is 1.97 bits per heavy atom. The van der Waals surface area contributed by atoms with Crippen LogP contribution in [0.5, 0.6) is 0 Å². The van der Waals surface area contributed by atoms with E-state index in [-0.39, 0.29) is 11.5 Å². The van der Waals surface area contributed by atoms with Gasteiger partial charge in [0, 0.05) is 24.7 Å². The number of likely N-dealkylation sites (tertiary alicyclic amines) is 1. The number of nitrogens with zero attached hydrogens (tertiary/aromatic N) is 3. The Bertz CT molecular complexity index is 1110. The third-order valence-corrected chi connectivity index (χ3v) is 9.11. The highest BCUT2D eigenvalue weighted by molar-refractivity contribution is 9.10. The first-order valence-corrected chi connectivity index (χ1v) is 12.5. The van der Waals surface area contributed by atoms with Crippen LogP contribution in [-0.2, 0) is 0 Å². The Kier molecular flexibility index (Phi) is 5.43. The van der Waals surface area contributed by atoms with Gasteiger partial charge in [-0.1, -0.05) is 26.8 Å². The van der Waals surface area contributed by atoms with Gasteiger partial charge in [-0.05, 0) is 83.0 Å². The molecule has 2 heterocycles. The van der Waals surface area contributed by atoms with Crippen molar-refractivity contribution < 1.29 is 4.79 Å². The minimum Gasteiger partial charge on any atom is -0.380 e. The van der Waals surface area contributed by atoms with Crippen molar-refractivity contribution in [2.24, 2.45) is 23.2 Å². The largest absolute Gasteiger partial charge is 0.380 e. The van der Waals surface area contributed by atoms with Gasteiger partial charge in [0.05, 0.1) is 17.6 Å². The molecule has 32 heavy (non-hydrogen) atoms. The minimum atomic E-state index is -0.227. The first-order valence-electron chi connectivity index (χ1n) is 11.7. The van der Waals surface area contributed by atoms with Gasteiger partial charge in [0.1, 0.15) is 4.47 Å². The standard InChI is InChI=1S/C25H31BrN4O2/c1-15-19-12-17(25(19,2)3)13-20(15)28-21-14-27-30(24(32)22(21)26)18-8-6-7-16(11-18)23(31)29-9-4-5-10-29/h6-8,11,14-15,17,19-20,28H,4-5,9-10,12-13H2,1-3H3/t15-,17+,19+,20+/m0/s1. The molecule has 6 nitrogen and oxygen atoms in total. The molecule has 4 fully saturated rings. The van der Waals surface area contributed by atoms with E-state index in [2.05, 4.69) is 47.1 Å². The molecule has 1 aliphatic heterocycles. The molecule has 3 saturated carbocycles. The highest BCUT2D eigenvalue weighted by atomic mass is 79.9. The van der Waals surface area contributed by atoms with Crippen molar-refractivity contribution in [3.05, 3.63) is 50.9 Å². The zero-order valence-corrected chi connectivity index (χ0v) is 20.6. The maximum absolute atomic E-state index is 13.1. The summed E-state index contributed by atoms with van der Waals surface area (Å²) in [5.41, 5.74) is 2.13. The van der Waals surface area contributed by atoms with Gasteiger partial charge in [-0.15, -0.1) is 0 Å². The normalized spacial score (nSPS) is 28.3. The molecule has 1 aromatic heterocycles. The van der Waals surface area contributed by atoms with Crippen LogP contribution >= 0.6 is 15.9 Å². The number of hydrogen-bond acceptors (Lipinski definition) is 4. The summed E-state index contributed by atoms with van der Waals surface area (Å²) >= 11 is 3.51. The second-order valence-electron chi connectivity index (χ2n) is 10.3. The summed E-state index contributed by atoms with van der Waals surface area (Å²) in [4.78, 5) is 27.8. The summed E-state index contributed by atoms with van der Waals surface area (Å²) in [6, 6.07) is 7.53. The summed E-state index contributed by atoms with van der Waals surface area (Å²) < 4.78 is 1.84. The number of carbonyl (C=O) groups is 1. The molecule has 1 saturated heterocycles. The summed E-state index contributed by atoms with van der Waals surface area (Å²) in [5, 5.41) is 8.04. The number of fused-ring (bicyclic) bond motifs is 2.